The van der Waals surface area contributed by atoms with Crippen LogP contribution in [0.5, 0.6) is 5.88 Å². The summed E-state index contributed by atoms with van der Waals surface area (Å²) in [6.07, 6.45) is 8.15. The van der Waals surface area contributed by atoms with Gasteiger partial charge >= 0.3 is 6.61 Å². The van der Waals surface area contributed by atoms with Gasteiger partial charge in [-0.2, -0.15) is 8.78 Å². The SMILES string of the molecule is O=C(/C=C/c1ccncc1)c1cnc(OC(F)F)cn1. The summed E-state index contributed by atoms with van der Waals surface area (Å²) in [5.74, 6) is -0.729. The number of allylic oxidation sites excluding steroid dienone is 1. The summed E-state index contributed by atoms with van der Waals surface area (Å²) in [6, 6.07) is 3.46. The average molecular weight is 277 g/mol. The van der Waals surface area contributed by atoms with Gasteiger partial charge in [0.05, 0.1) is 12.4 Å². The molecule has 0 aliphatic rings. The first kappa shape index (κ1) is 13.7. The Bertz CT molecular complexity index is 601. The molecule has 2 rings (SSSR count). The number of hydrogen-bond acceptors (Lipinski definition) is 5. The van der Waals surface area contributed by atoms with Gasteiger partial charge in [-0.25, -0.2) is 9.97 Å². The van der Waals surface area contributed by atoms with Crippen molar-refractivity contribution in [2.45, 2.75) is 6.61 Å². The number of rotatable bonds is 5. The van der Waals surface area contributed by atoms with Crippen molar-refractivity contribution in [2.24, 2.45) is 0 Å². The number of nitrogens with zero attached hydrogens (tertiary/aromatic N) is 3. The highest BCUT2D eigenvalue weighted by molar-refractivity contribution is 6.05. The van der Waals surface area contributed by atoms with Crippen LogP contribution < -0.4 is 4.74 Å². The van der Waals surface area contributed by atoms with Gasteiger partial charge < -0.3 is 4.74 Å². The fourth-order valence-electron chi connectivity index (χ4n) is 1.33. The third kappa shape index (κ3) is 3.91. The predicted molar refractivity (Wildman–Crippen MR) is 66.3 cm³/mol. The van der Waals surface area contributed by atoms with Crippen molar-refractivity contribution in [1.29, 1.82) is 0 Å². The molecule has 20 heavy (non-hydrogen) atoms. The number of carbonyl (C=O) groups is 1. The second kappa shape index (κ2) is 6.46. The summed E-state index contributed by atoms with van der Waals surface area (Å²) < 4.78 is 27.9. The summed E-state index contributed by atoms with van der Waals surface area (Å²) in [6.45, 7) is -2.97. The van der Waals surface area contributed by atoms with Crippen molar-refractivity contribution in [1.82, 2.24) is 15.0 Å². The molecule has 5 nitrogen and oxygen atoms in total. The molecule has 7 heteroatoms. The van der Waals surface area contributed by atoms with Crippen molar-refractivity contribution >= 4 is 11.9 Å². The van der Waals surface area contributed by atoms with Crippen LogP contribution in [0, 0.1) is 0 Å². The van der Waals surface area contributed by atoms with Crippen LogP contribution in [0.15, 0.2) is 43.0 Å². The number of alkyl halides is 2. The van der Waals surface area contributed by atoms with E-state index in [9.17, 15) is 13.6 Å². The van der Waals surface area contributed by atoms with Crippen molar-refractivity contribution < 1.29 is 18.3 Å². The Morgan fingerprint density at radius 3 is 2.55 bits per heavy atom. The minimum absolute atomic E-state index is 0.0388. The molecule has 2 aromatic rings. The maximum absolute atomic E-state index is 11.9. The quantitative estimate of drug-likeness (QED) is 0.620. The van der Waals surface area contributed by atoms with Crippen molar-refractivity contribution in [3.8, 4) is 5.88 Å². The summed E-state index contributed by atoms with van der Waals surface area (Å²) in [5.41, 5.74) is 0.843. The van der Waals surface area contributed by atoms with Crippen LogP contribution in [-0.2, 0) is 0 Å². The monoisotopic (exact) mass is 277 g/mol. The van der Waals surface area contributed by atoms with E-state index in [-0.39, 0.29) is 11.6 Å². The Balaban J connectivity index is 2.04. The normalized spacial score (nSPS) is 10.9. The lowest BCUT2D eigenvalue weighted by Gasteiger charge is -2.02. The zero-order chi connectivity index (χ0) is 14.4. The fourth-order valence-corrected chi connectivity index (χ4v) is 1.33. The molecule has 0 amide bonds. The summed E-state index contributed by atoms with van der Waals surface area (Å²) in [4.78, 5) is 22.9. The molecule has 0 aliphatic carbocycles. The number of pyridine rings is 1. The largest absolute Gasteiger partial charge is 0.415 e. The maximum Gasteiger partial charge on any atom is 0.388 e. The smallest absolute Gasteiger partial charge is 0.388 e. The number of ketones is 1. The molecule has 0 saturated heterocycles. The Morgan fingerprint density at radius 1 is 1.20 bits per heavy atom. The zero-order valence-corrected chi connectivity index (χ0v) is 10.1. The Morgan fingerprint density at radius 2 is 1.95 bits per heavy atom. The summed E-state index contributed by atoms with van der Waals surface area (Å²) in [5, 5.41) is 0. The molecule has 102 valence electrons. The molecule has 0 aliphatic heterocycles. The standard InChI is InChI=1S/C13H9F2N3O2/c14-13(15)20-12-8-17-10(7-18-12)11(19)2-1-9-3-5-16-6-4-9/h1-8,13H/b2-1+. The third-order valence-corrected chi connectivity index (χ3v) is 2.22. The van der Waals surface area contributed by atoms with Crippen LogP contribution in [0.1, 0.15) is 16.1 Å². The highest BCUT2D eigenvalue weighted by Gasteiger charge is 2.08. The minimum Gasteiger partial charge on any atom is -0.415 e. The van der Waals surface area contributed by atoms with E-state index >= 15 is 0 Å². The first-order chi connectivity index (χ1) is 9.65. The van der Waals surface area contributed by atoms with E-state index in [0.29, 0.717) is 0 Å². The third-order valence-electron chi connectivity index (χ3n) is 2.22. The van der Waals surface area contributed by atoms with Gasteiger partial charge in [0.25, 0.3) is 0 Å². The molecule has 0 bridgehead atoms. The van der Waals surface area contributed by atoms with Crippen molar-refractivity contribution in [2.75, 3.05) is 0 Å². The van der Waals surface area contributed by atoms with Gasteiger partial charge in [-0.1, -0.05) is 6.08 Å². The van der Waals surface area contributed by atoms with Crippen LogP contribution in [0.2, 0.25) is 0 Å². The first-order valence-corrected chi connectivity index (χ1v) is 5.54. The lowest BCUT2D eigenvalue weighted by Crippen LogP contribution is -2.06. The summed E-state index contributed by atoms with van der Waals surface area (Å²) >= 11 is 0. The molecule has 0 saturated carbocycles. The van der Waals surface area contributed by atoms with Gasteiger partial charge in [-0.15, -0.1) is 0 Å². The Hall–Kier alpha value is -2.70. The number of halogens is 2. The lowest BCUT2D eigenvalue weighted by molar-refractivity contribution is -0.0531. The minimum atomic E-state index is -2.97. The van der Waals surface area contributed by atoms with Crippen molar-refractivity contribution in [3.63, 3.8) is 0 Å². The van der Waals surface area contributed by atoms with E-state index in [2.05, 4.69) is 19.7 Å². The molecule has 0 N–H and O–H groups in total. The highest BCUT2D eigenvalue weighted by atomic mass is 19.3. The molecule has 0 spiro atoms. The summed E-state index contributed by atoms with van der Waals surface area (Å²) in [7, 11) is 0. The molecule has 0 unspecified atom stereocenters. The van der Waals surface area contributed by atoms with Gasteiger partial charge in [0.15, 0.2) is 0 Å². The van der Waals surface area contributed by atoms with Gasteiger partial charge in [0.2, 0.25) is 11.7 Å². The molecule has 0 radical (unpaired) electrons. The molecule has 2 heterocycles. The highest BCUT2D eigenvalue weighted by Crippen LogP contribution is 2.09. The van der Waals surface area contributed by atoms with E-state index in [1.807, 2.05) is 0 Å². The molecule has 0 atom stereocenters. The van der Waals surface area contributed by atoms with E-state index in [0.717, 1.165) is 18.0 Å². The molecule has 0 fully saturated rings. The van der Waals surface area contributed by atoms with Gasteiger partial charge in [-0.3, -0.25) is 9.78 Å². The molecular formula is C13H9F2N3O2. The Labute approximate surface area is 113 Å². The molecule has 0 aromatic carbocycles. The number of carbonyl (C=O) groups excluding carboxylic acids is 1. The number of ether oxygens (including phenoxy) is 1. The van der Waals surface area contributed by atoms with Crippen LogP contribution in [0.25, 0.3) is 6.08 Å². The lowest BCUT2D eigenvalue weighted by atomic mass is 10.2. The van der Waals surface area contributed by atoms with Gasteiger partial charge in [-0.05, 0) is 23.8 Å². The van der Waals surface area contributed by atoms with E-state index in [1.165, 1.54) is 6.08 Å². The zero-order valence-electron chi connectivity index (χ0n) is 10.1. The molecule has 2 aromatic heterocycles. The number of aromatic nitrogens is 3. The van der Waals surface area contributed by atoms with Crippen LogP contribution in [0.4, 0.5) is 8.78 Å². The number of hydrogen-bond donors (Lipinski definition) is 0. The molecular weight excluding hydrogens is 268 g/mol. The van der Waals surface area contributed by atoms with Gasteiger partial charge in [0, 0.05) is 12.4 Å². The Kier molecular flexibility index (Phi) is 4.43. The first-order valence-electron chi connectivity index (χ1n) is 5.54. The van der Waals surface area contributed by atoms with Crippen LogP contribution in [-0.4, -0.2) is 27.3 Å². The van der Waals surface area contributed by atoms with Crippen molar-refractivity contribution in [3.05, 3.63) is 54.3 Å². The maximum atomic E-state index is 11.9. The van der Waals surface area contributed by atoms with Crippen LogP contribution in [0.3, 0.4) is 0 Å². The second-order valence-corrected chi connectivity index (χ2v) is 3.60. The van der Waals surface area contributed by atoms with E-state index < -0.39 is 12.4 Å². The van der Waals surface area contributed by atoms with Gasteiger partial charge in [0.1, 0.15) is 5.69 Å². The second-order valence-electron chi connectivity index (χ2n) is 3.60. The van der Waals surface area contributed by atoms with E-state index in [4.69, 9.17) is 0 Å². The van der Waals surface area contributed by atoms with E-state index in [1.54, 1.807) is 30.6 Å². The predicted octanol–water partition coefficient (Wildman–Crippen LogP) is 2.37. The van der Waals surface area contributed by atoms with Crippen LogP contribution >= 0.6 is 0 Å². The topological polar surface area (TPSA) is 65.0 Å². The fraction of sp³-hybridized carbons (Fsp3) is 0.0769. The average Bonchev–Trinajstić information content (AvgIpc) is 2.46.